The van der Waals surface area contributed by atoms with Gasteiger partial charge in [0, 0.05) is 10.7 Å². The lowest BCUT2D eigenvalue weighted by molar-refractivity contribution is 0.602. The van der Waals surface area contributed by atoms with Gasteiger partial charge in [0.05, 0.1) is 10.6 Å². The zero-order valence-corrected chi connectivity index (χ0v) is 12.6. The molecule has 20 heavy (non-hydrogen) atoms. The summed E-state index contributed by atoms with van der Waals surface area (Å²) in [6.45, 7) is 0. The quantitative estimate of drug-likeness (QED) is 0.833. The normalized spacial score (nSPS) is 9.75. The Morgan fingerprint density at radius 1 is 1.20 bits per heavy atom. The lowest BCUT2D eigenvalue weighted by Crippen LogP contribution is -2.07. The van der Waals surface area contributed by atoms with Crippen LogP contribution in [-0.4, -0.2) is 14.7 Å². The van der Waals surface area contributed by atoms with Gasteiger partial charge in [-0.1, -0.05) is 15.9 Å². The van der Waals surface area contributed by atoms with Crippen molar-refractivity contribution in [2.75, 3.05) is 11.6 Å². The van der Waals surface area contributed by atoms with Gasteiger partial charge in [-0.2, -0.15) is 15.8 Å². The van der Waals surface area contributed by atoms with Crippen molar-refractivity contribution in [3.8, 4) is 18.2 Å². The second-order valence-corrected chi connectivity index (χ2v) is 6.52. The number of halogens is 1. The molecule has 8 heteroatoms. The van der Waals surface area contributed by atoms with Crippen molar-refractivity contribution in [2.45, 2.75) is 4.90 Å². The van der Waals surface area contributed by atoms with Gasteiger partial charge in [-0.15, -0.1) is 0 Å². The first-order valence-electron chi connectivity index (χ1n) is 5.04. The van der Waals surface area contributed by atoms with Gasteiger partial charge in [-0.25, -0.2) is 8.42 Å². The van der Waals surface area contributed by atoms with Gasteiger partial charge in [-0.3, -0.25) is 0 Å². The minimum absolute atomic E-state index is 0.0464. The fourth-order valence-corrected chi connectivity index (χ4v) is 2.70. The molecular formula is C12H7BrN4O2S. The molecule has 1 N–H and O–H groups in total. The molecule has 0 heterocycles. The van der Waals surface area contributed by atoms with Crippen molar-refractivity contribution in [3.63, 3.8) is 0 Å². The van der Waals surface area contributed by atoms with E-state index in [4.69, 9.17) is 15.8 Å². The predicted molar refractivity (Wildman–Crippen MR) is 74.7 cm³/mol. The Bertz CT molecular complexity index is 791. The molecule has 0 amide bonds. The fourth-order valence-electron chi connectivity index (χ4n) is 1.32. The van der Waals surface area contributed by atoms with Crippen LogP contribution in [0.2, 0.25) is 0 Å². The monoisotopic (exact) mass is 350 g/mol. The summed E-state index contributed by atoms with van der Waals surface area (Å²) in [5.41, 5.74) is -0.604. The van der Waals surface area contributed by atoms with Crippen molar-refractivity contribution in [1.29, 1.82) is 15.8 Å². The SMILES string of the molecule is CS(=O)(=O)c1cc(Br)ccc1NC(C#N)=C(C#N)C#N. The maximum atomic E-state index is 11.7. The summed E-state index contributed by atoms with van der Waals surface area (Å²) in [4.78, 5) is -0.0464. The van der Waals surface area contributed by atoms with E-state index in [9.17, 15) is 8.42 Å². The summed E-state index contributed by atoms with van der Waals surface area (Å²) >= 11 is 3.15. The highest BCUT2D eigenvalue weighted by atomic mass is 79.9. The fraction of sp³-hybridized carbons (Fsp3) is 0.0833. The minimum atomic E-state index is -3.54. The van der Waals surface area contributed by atoms with Gasteiger partial charge in [0.15, 0.2) is 15.4 Å². The van der Waals surface area contributed by atoms with Crippen molar-refractivity contribution in [2.24, 2.45) is 0 Å². The molecule has 0 atom stereocenters. The summed E-state index contributed by atoms with van der Waals surface area (Å²) in [5, 5.41) is 28.9. The average molecular weight is 351 g/mol. The average Bonchev–Trinajstić information content (AvgIpc) is 2.39. The van der Waals surface area contributed by atoms with Crippen molar-refractivity contribution in [3.05, 3.63) is 33.9 Å². The van der Waals surface area contributed by atoms with E-state index in [2.05, 4.69) is 21.2 Å². The number of hydrogen-bond acceptors (Lipinski definition) is 6. The van der Waals surface area contributed by atoms with Crippen LogP contribution in [-0.2, 0) is 9.84 Å². The highest BCUT2D eigenvalue weighted by Crippen LogP contribution is 2.26. The smallest absolute Gasteiger partial charge is 0.177 e. The molecule has 0 bridgehead atoms. The number of nitrogens with zero attached hydrogens (tertiary/aromatic N) is 3. The number of anilines is 1. The molecule has 6 nitrogen and oxygen atoms in total. The van der Waals surface area contributed by atoms with E-state index in [1.807, 2.05) is 0 Å². The highest BCUT2D eigenvalue weighted by molar-refractivity contribution is 9.10. The molecule has 1 aromatic rings. The van der Waals surface area contributed by atoms with Gasteiger partial charge >= 0.3 is 0 Å². The van der Waals surface area contributed by atoms with E-state index in [1.54, 1.807) is 24.3 Å². The zero-order valence-electron chi connectivity index (χ0n) is 10.2. The van der Waals surface area contributed by atoms with E-state index in [1.165, 1.54) is 12.1 Å². The van der Waals surface area contributed by atoms with Crippen molar-refractivity contribution in [1.82, 2.24) is 0 Å². The van der Waals surface area contributed by atoms with Crippen LogP contribution in [0.3, 0.4) is 0 Å². The van der Waals surface area contributed by atoms with Crippen molar-refractivity contribution < 1.29 is 8.42 Å². The summed E-state index contributed by atoms with van der Waals surface area (Å²) in [5.74, 6) is 0. The molecule has 0 spiro atoms. The number of nitriles is 3. The maximum Gasteiger partial charge on any atom is 0.177 e. The Morgan fingerprint density at radius 3 is 2.25 bits per heavy atom. The molecule has 0 fully saturated rings. The molecule has 0 saturated carbocycles. The van der Waals surface area contributed by atoms with E-state index in [0.717, 1.165) is 6.26 Å². The lowest BCUT2D eigenvalue weighted by atomic mass is 10.2. The molecule has 0 saturated heterocycles. The Hall–Kier alpha value is -2.34. The van der Waals surface area contributed by atoms with Crippen LogP contribution >= 0.6 is 15.9 Å². The number of sulfone groups is 1. The number of rotatable bonds is 3. The van der Waals surface area contributed by atoms with Gasteiger partial charge in [0.1, 0.15) is 23.9 Å². The molecule has 100 valence electrons. The van der Waals surface area contributed by atoms with Gasteiger partial charge in [-0.05, 0) is 18.2 Å². The van der Waals surface area contributed by atoms with Crippen LogP contribution < -0.4 is 5.32 Å². The Kier molecular flexibility index (Phi) is 4.88. The summed E-state index contributed by atoms with van der Waals surface area (Å²) < 4.78 is 23.9. The number of nitrogens with one attached hydrogen (secondary N) is 1. The van der Waals surface area contributed by atoms with Crippen LogP contribution in [0.4, 0.5) is 5.69 Å². The third-order valence-electron chi connectivity index (χ3n) is 2.19. The molecule has 0 aliphatic carbocycles. The van der Waals surface area contributed by atoms with Gasteiger partial charge in [0.2, 0.25) is 0 Å². The van der Waals surface area contributed by atoms with Crippen LogP contribution in [0.15, 0.2) is 38.8 Å². The van der Waals surface area contributed by atoms with E-state index in [-0.39, 0.29) is 16.3 Å². The second kappa shape index (κ2) is 6.21. The second-order valence-electron chi connectivity index (χ2n) is 3.62. The number of benzene rings is 1. The first-order chi connectivity index (χ1) is 9.33. The standard InChI is InChI=1S/C12H7BrN4O2S/c1-20(18,19)12-4-9(13)2-3-10(12)17-11(7-16)8(5-14)6-15/h2-4,17H,1H3. The lowest BCUT2D eigenvalue weighted by Gasteiger charge is -2.10. The van der Waals surface area contributed by atoms with Crippen LogP contribution in [0, 0.1) is 34.0 Å². The molecule has 0 aliphatic rings. The zero-order chi connectivity index (χ0) is 15.3. The van der Waals surface area contributed by atoms with E-state index >= 15 is 0 Å². The molecule has 0 unspecified atom stereocenters. The first kappa shape index (κ1) is 15.7. The number of allylic oxidation sites excluding steroid dienone is 2. The predicted octanol–water partition coefficient (Wildman–Crippen LogP) is 2.09. The van der Waals surface area contributed by atoms with E-state index in [0.29, 0.717) is 4.47 Å². The summed E-state index contributed by atoms with van der Waals surface area (Å²) in [6.07, 6.45) is 1.02. The molecular weight excluding hydrogens is 344 g/mol. The van der Waals surface area contributed by atoms with Crippen LogP contribution in [0.25, 0.3) is 0 Å². The Morgan fingerprint density at radius 2 is 1.80 bits per heavy atom. The topological polar surface area (TPSA) is 118 Å². The molecule has 1 rings (SSSR count). The molecule has 1 aromatic carbocycles. The first-order valence-corrected chi connectivity index (χ1v) is 7.73. The van der Waals surface area contributed by atoms with Crippen LogP contribution in [0.1, 0.15) is 0 Å². The molecule has 0 radical (unpaired) electrons. The molecule has 0 aromatic heterocycles. The Balaban J connectivity index is 3.46. The number of hydrogen-bond donors (Lipinski definition) is 1. The van der Waals surface area contributed by atoms with Crippen LogP contribution in [0.5, 0.6) is 0 Å². The summed E-state index contributed by atoms with van der Waals surface area (Å²) in [7, 11) is -3.54. The third-order valence-corrected chi connectivity index (χ3v) is 3.82. The largest absolute Gasteiger partial charge is 0.344 e. The minimum Gasteiger partial charge on any atom is -0.344 e. The Labute approximate surface area is 124 Å². The van der Waals surface area contributed by atoms with Gasteiger partial charge < -0.3 is 5.32 Å². The van der Waals surface area contributed by atoms with Gasteiger partial charge in [0.25, 0.3) is 0 Å². The maximum absolute atomic E-state index is 11.7. The third kappa shape index (κ3) is 3.58. The summed E-state index contributed by atoms with van der Waals surface area (Å²) in [6, 6.07) is 9.17. The van der Waals surface area contributed by atoms with Crippen molar-refractivity contribution >= 4 is 31.5 Å². The van der Waals surface area contributed by atoms with E-state index < -0.39 is 15.4 Å². The highest BCUT2D eigenvalue weighted by Gasteiger charge is 2.16. The molecule has 0 aliphatic heterocycles.